The molecule has 1 amide bonds. The average Bonchev–Trinajstić information content (AvgIpc) is 3.13. The van der Waals surface area contributed by atoms with Crippen molar-refractivity contribution in [1.29, 1.82) is 10.5 Å². The molecule has 9 heteroatoms. The molecule has 2 N–H and O–H groups in total. The van der Waals surface area contributed by atoms with E-state index in [4.69, 9.17) is 5.26 Å². The van der Waals surface area contributed by atoms with Gasteiger partial charge in [-0.15, -0.1) is 0 Å². The third-order valence-electron chi connectivity index (χ3n) is 4.50. The summed E-state index contributed by atoms with van der Waals surface area (Å²) in [7, 11) is 0. The van der Waals surface area contributed by atoms with Crippen LogP contribution >= 0.6 is 0 Å². The Bertz CT molecular complexity index is 1440. The molecule has 3 heterocycles. The molecule has 0 radical (unpaired) electrons. The van der Waals surface area contributed by atoms with E-state index in [9.17, 15) is 14.9 Å². The normalized spacial score (nSPS) is 10.4. The second-order valence-corrected chi connectivity index (χ2v) is 6.35. The highest BCUT2D eigenvalue weighted by Crippen LogP contribution is 2.23. The number of nitriles is 2. The molecule has 0 atom stereocenters. The van der Waals surface area contributed by atoms with E-state index in [1.165, 1.54) is 16.8 Å². The number of benzene rings is 1. The summed E-state index contributed by atoms with van der Waals surface area (Å²) >= 11 is 0. The highest BCUT2D eigenvalue weighted by Gasteiger charge is 2.23. The molecule has 9 nitrogen and oxygen atoms in total. The van der Waals surface area contributed by atoms with E-state index in [0.29, 0.717) is 11.3 Å². The fraction of sp³-hybridized carbons (Fsp3) is 0.0476. The Kier molecular flexibility index (Phi) is 4.55. The lowest BCUT2D eigenvalue weighted by Crippen LogP contribution is -2.26. The van der Waals surface area contributed by atoms with Gasteiger partial charge in [0.05, 0.1) is 5.69 Å². The van der Waals surface area contributed by atoms with Crippen LogP contribution in [0, 0.1) is 29.6 Å². The van der Waals surface area contributed by atoms with Gasteiger partial charge in [0.25, 0.3) is 5.91 Å². The first-order valence-corrected chi connectivity index (χ1v) is 8.82. The molecular formula is C21H13N7O2. The molecule has 1 aromatic carbocycles. The van der Waals surface area contributed by atoms with E-state index in [2.05, 4.69) is 20.4 Å². The zero-order valence-electron chi connectivity index (χ0n) is 15.7. The van der Waals surface area contributed by atoms with E-state index in [-0.39, 0.29) is 34.0 Å². The molecule has 4 aromatic rings. The van der Waals surface area contributed by atoms with Gasteiger partial charge in [-0.05, 0) is 19.1 Å². The Hall–Kier alpha value is -4.76. The summed E-state index contributed by atoms with van der Waals surface area (Å²) in [5, 5.41) is 24.2. The Balaban J connectivity index is 1.88. The minimum atomic E-state index is -0.705. The van der Waals surface area contributed by atoms with Crippen molar-refractivity contribution in [2.45, 2.75) is 6.92 Å². The second-order valence-electron chi connectivity index (χ2n) is 6.35. The summed E-state index contributed by atoms with van der Waals surface area (Å²) in [6.45, 7) is 1.57. The Labute approximate surface area is 169 Å². The Morgan fingerprint density at radius 1 is 1.10 bits per heavy atom. The minimum absolute atomic E-state index is 0.0277. The Morgan fingerprint density at radius 2 is 1.83 bits per heavy atom. The number of aromatic amines is 1. The van der Waals surface area contributed by atoms with Gasteiger partial charge >= 0.3 is 0 Å². The van der Waals surface area contributed by atoms with Gasteiger partial charge in [-0.25, -0.2) is 14.5 Å². The van der Waals surface area contributed by atoms with Gasteiger partial charge in [0.15, 0.2) is 11.4 Å². The molecule has 0 aliphatic heterocycles. The number of imidazole rings is 1. The van der Waals surface area contributed by atoms with E-state index in [1.54, 1.807) is 25.1 Å². The summed E-state index contributed by atoms with van der Waals surface area (Å²) in [5.74, 6) is -0.705. The molecular weight excluding hydrogens is 382 g/mol. The molecule has 144 valence electrons. The molecule has 0 bridgehead atoms. The number of pyridine rings is 1. The number of aromatic nitrogens is 4. The average molecular weight is 395 g/mol. The smallest absolute Gasteiger partial charge is 0.261 e. The van der Waals surface area contributed by atoms with Crippen LogP contribution in [0.25, 0.3) is 16.9 Å². The third-order valence-corrected chi connectivity index (χ3v) is 4.50. The van der Waals surface area contributed by atoms with Crippen molar-refractivity contribution < 1.29 is 4.79 Å². The van der Waals surface area contributed by atoms with Crippen molar-refractivity contribution >= 4 is 17.2 Å². The van der Waals surface area contributed by atoms with Crippen molar-refractivity contribution in [2.75, 3.05) is 5.32 Å². The number of rotatable bonds is 3. The SMILES string of the molecule is Cc1[nH]n2c(-c3ccccc3)c(C#N)nc2c(=O)c1C(=O)Nc1cccnc1C#N. The topological polar surface area (TPSA) is 140 Å². The summed E-state index contributed by atoms with van der Waals surface area (Å²) in [4.78, 5) is 34.0. The lowest BCUT2D eigenvalue weighted by atomic mass is 10.1. The first-order chi connectivity index (χ1) is 14.5. The van der Waals surface area contributed by atoms with Crippen LogP contribution in [-0.4, -0.2) is 25.5 Å². The summed E-state index contributed by atoms with van der Waals surface area (Å²) < 4.78 is 1.41. The number of H-pyrrole nitrogens is 1. The summed E-state index contributed by atoms with van der Waals surface area (Å²) in [6.07, 6.45) is 1.43. The highest BCUT2D eigenvalue weighted by atomic mass is 16.2. The molecule has 3 aromatic heterocycles. The van der Waals surface area contributed by atoms with Crippen LogP contribution in [0.15, 0.2) is 53.5 Å². The fourth-order valence-electron chi connectivity index (χ4n) is 3.18. The number of carbonyl (C=O) groups is 1. The van der Waals surface area contributed by atoms with Gasteiger partial charge in [-0.1, -0.05) is 30.3 Å². The molecule has 4 rings (SSSR count). The quantitative estimate of drug-likeness (QED) is 0.546. The van der Waals surface area contributed by atoms with Crippen molar-refractivity contribution in [3.8, 4) is 23.4 Å². The Morgan fingerprint density at radius 3 is 2.53 bits per heavy atom. The van der Waals surface area contributed by atoms with Crippen molar-refractivity contribution in [3.63, 3.8) is 0 Å². The van der Waals surface area contributed by atoms with Crippen LogP contribution in [0.4, 0.5) is 5.69 Å². The molecule has 0 fully saturated rings. The summed E-state index contributed by atoms with van der Waals surface area (Å²) in [5.41, 5.74) is 0.816. The maximum Gasteiger partial charge on any atom is 0.261 e. The molecule has 0 aliphatic rings. The maximum absolute atomic E-state index is 13.1. The summed E-state index contributed by atoms with van der Waals surface area (Å²) in [6, 6.07) is 16.0. The standard InChI is InChI=1S/C21H13N7O2/c1-12-17(21(30)26-14-8-5-9-24-15(14)10-22)19(29)20-25-16(11-23)18(28(20)27-12)13-6-3-2-4-7-13/h2-9,27H,1H3,(H,26,30). The number of aryl methyl sites for hydroxylation is 1. The van der Waals surface area contributed by atoms with Crippen molar-refractivity contribution in [1.82, 2.24) is 19.6 Å². The number of carbonyl (C=O) groups excluding carboxylic acids is 1. The number of amides is 1. The largest absolute Gasteiger partial charge is 0.319 e. The number of anilines is 1. The molecule has 0 saturated carbocycles. The molecule has 0 aliphatic carbocycles. The monoisotopic (exact) mass is 395 g/mol. The van der Waals surface area contributed by atoms with E-state index >= 15 is 0 Å². The zero-order chi connectivity index (χ0) is 21.3. The van der Waals surface area contributed by atoms with Crippen molar-refractivity contribution in [3.05, 3.63) is 81.5 Å². The molecule has 30 heavy (non-hydrogen) atoms. The van der Waals surface area contributed by atoms with Crippen molar-refractivity contribution in [2.24, 2.45) is 0 Å². The van der Waals surface area contributed by atoms with Gasteiger partial charge < -0.3 is 5.32 Å². The number of hydrogen-bond acceptors (Lipinski definition) is 6. The lowest BCUT2D eigenvalue weighted by Gasteiger charge is -2.10. The minimum Gasteiger partial charge on any atom is -0.319 e. The predicted molar refractivity (Wildman–Crippen MR) is 108 cm³/mol. The van der Waals surface area contributed by atoms with Crippen LogP contribution in [0.5, 0.6) is 0 Å². The number of nitrogens with zero attached hydrogens (tertiary/aromatic N) is 5. The van der Waals surface area contributed by atoms with Crippen LogP contribution in [0.3, 0.4) is 0 Å². The van der Waals surface area contributed by atoms with E-state index in [1.807, 2.05) is 30.3 Å². The fourth-order valence-corrected chi connectivity index (χ4v) is 3.18. The second kappa shape index (κ2) is 7.34. The maximum atomic E-state index is 13.1. The third kappa shape index (κ3) is 2.97. The van der Waals surface area contributed by atoms with E-state index in [0.717, 1.165) is 0 Å². The molecule has 0 spiro atoms. The lowest BCUT2D eigenvalue weighted by molar-refractivity contribution is 0.102. The first-order valence-electron chi connectivity index (χ1n) is 8.82. The van der Waals surface area contributed by atoms with Gasteiger partial charge in [-0.2, -0.15) is 10.5 Å². The highest BCUT2D eigenvalue weighted by molar-refractivity contribution is 6.06. The number of nitrogens with one attached hydrogen (secondary N) is 2. The number of hydrogen-bond donors (Lipinski definition) is 2. The molecule has 0 saturated heterocycles. The van der Waals surface area contributed by atoms with Crippen LogP contribution in [0.2, 0.25) is 0 Å². The van der Waals surface area contributed by atoms with Crippen LogP contribution in [-0.2, 0) is 0 Å². The molecule has 0 unspecified atom stereocenters. The van der Waals surface area contributed by atoms with Gasteiger partial charge in [0.1, 0.15) is 23.4 Å². The van der Waals surface area contributed by atoms with Crippen LogP contribution in [0.1, 0.15) is 27.4 Å². The first kappa shape index (κ1) is 18.6. The van der Waals surface area contributed by atoms with Crippen LogP contribution < -0.4 is 10.7 Å². The number of fused-ring (bicyclic) bond motifs is 1. The van der Waals surface area contributed by atoms with Gasteiger partial charge in [0, 0.05) is 17.5 Å². The van der Waals surface area contributed by atoms with Gasteiger partial charge in [0.2, 0.25) is 11.1 Å². The van der Waals surface area contributed by atoms with E-state index < -0.39 is 11.3 Å². The zero-order valence-corrected chi connectivity index (χ0v) is 15.7. The predicted octanol–water partition coefficient (Wildman–Crippen LogP) is 2.39. The van der Waals surface area contributed by atoms with Gasteiger partial charge in [-0.3, -0.25) is 14.7 Å².